The van der Waals surface area contributed by atoms with Crippen LogP contribution < -0.4 is 0 Å². The largest absolute Gasteiger partial charge is 0.389 e. The third kappa shape index (κ3) is 3.93. The van der Waals surface area contributed by atoms with E-state index in [1.165, 1.54) is 6.42 Å². The van der Waals surface area contributed by atoms with E-state index in [2.05, 4.69) is 4.90 Å². The summed E-state index contributed by atoms with van der Waals surface area (Å²) in [4.78, 5) is 16.1. The van der Waals surface area contributed by atoms with Crippen LogP contribution in [-0.4, -0.2) is 60.1 Å². The molecule has 1 heterocycles. The highest BCUT2D eigenvalue weighted by molar-refractivity contribution is 5.78. The van der Waals surface area contributed by atoms with Crippen molar-refractivity contribution in [3.8, 4) is 0 Å². The summed E-state index contributed by atoms with van der Waals surface area (Å²) in [7, 11) is 3.66. The van der Waals surface area contributed by atoms with Crippen LogP contribution in [0.2, 0.25) is 0 Å². The molecule has 2 rings (SSSR count). The van der Waals surface area contributed by atoms with Gasteiger partial charge >= 0.3 is 0 Å². The number of hydrogen-bond donors (Lipinski definition) is 1. The first-order valence-corrected chi connectivity index (χ1v) is 7.66. The van der Waals surface area contributed by atoms with Crippen LogP contribution in [0.15, 0.2) is 0 Å². The van der Waals surface area contributed by atoms with Crippen molar-refractivity contribution in [1.29, 1.82) is 0 Å². The fraction of sp³-hybridized carbons (Fsp3) is 0.933. The third-order valence-electron chi connectivity index (χ3n) is 4.60. The number of rotatable bonds is 3. The van der Waals surface area contributed by atoms with Crippen molar-refractivity contribution in [2.45, 2.75) is 50.5 Å². The monoisotopic (exact) mass is 268 g/mol. The number of carbonyl (C=O) groups is 1. The smallest absolute Gasteiger partial charge is 0.226 e. The first kappa shape index (κ1) is 14.8. The minimum absolute atomic E-state index is 0.121. The van der Waals surface area contributed by atoms with Gasteiger partial charge in [-0.1, -0.05) is 19.3 Å². The van der Waals surface area contributed by atoms with Gasteiger partial charge in [0.1, 0.15) is 0 Å². The van der Waals surface area contributed by atoms with E-state index in [0.29, 0.717) is 0 Å². The fourth-order valence-electron chi connectivity index (χ4n) is 3.55. The van der Waals surface area contributed by atoms with Gasteiger partial charge in [0, 0.05) is 27.2 Å². The Hall–Kier alpha value is -0.610. The average Bonchev–Trinajstić information content (AvgIpc) is 2.38. The van der Waals surface area contributed by atoms with E-state index >= 15 is 0 Å². The number of likely N-dealkylation sites (tertiary alicyclic amines) is 1. The predicted octanol–water partition coefficient (Wildman–Crippen LogP) is 1.48. The minimum Gasteiger partial charge on any atom is -0.389 e. The lowest BCUT2D eigenvalue weighted by molar-refractivity contribution is -0.135. The van der Waals surface area contributed by atoms with E-state index in [9.17, 15) is 9.90 Å². The molecule has 1 aliphatic heterocycles. The summed E-state index contributed by atoms with van der Waals surface area (Å²) in [5.74, 6) is 0.358. The van der Waals surface area contributed by atoms with Gasteiger partial charge in [0.05, 0.1) is 11.5 Å². The molecule has 19 heavy (non-hydrogen) atoms. The first-order chi connectivity index (χ1) is 9.00. The van der Waals surface area contributed by atoms with Crippen LogP contribution >= 0.6 is 0 Å². The Kier molecular flexibility index (Phi) is 4.85. The Labute approximate surface area is 116 Å². The standard InChI is InChI=1S/C15H28N2O2/c1-16(2)14(18)13-7-6-10-17(11-13)12-15(19)8-4-3-5-9-15/h13,19H,3-12H2,1-2H3. The van der Waals surface area contributed by atoms with Crippen molar-refractivity contribution in [3.05, 3.63) is 0 Å². The summed E-state index contributed by atoms with van der Waals surface area (Å²) in [5.41, 5.74) is -0.499. The Morgan fingerprint density at radius 3 is 2.58 bits per heavy atom. The molecule has 1 saturated heterocycles. The highest BCUT2D eigenvalue weighted by Gasteiger charge is 2.34. The lowest BCUT2D eigenvalue weighted by Gasteiger charge is -2.40. The number of β-amino-alcohol motifs (C(OH)–C–C–N with tert-alkyl or cyclic N) is 1. The van der Waals surface area contributed by atoms with Crippen LogP contribution in [0.25, 0.3) is 0 Å². The molecule has 0 bridgehead atoms. The molecule has 4 heteroatoms. The second kappa shape index (κ2) is 6.23. The molecule has 0 aromatic heterocycles. The SMILES string of the molecule is CN(C)C(=O)C1CCCN(CC2(O)CCCCC2)C1. The summed E-state index contributed by atoms with van der Waals surface area (Å²) in [6.45, 7) is 2.60. The Morgan fingerprint density at radius 1 is 1.26 bits per heavy atom. The topological polar surface area (TPSA) is 43.8 Å². The average molecular weight is 268 g/mol. The van der Waals surface area contributed by atoms with Crippen molar-refractivity contribution in [2.24, 2.45) is 5.92 Å². The quantitative estimate of drug-likeness (QED) is 0.843. The summed E-state index contributed by atoms with van der Waals surface area (Å²) in [6.07, 6.45) is 7.46. The van der Waals surface area contributed by atoms with Crippen LogP contribution in [0.3, 0.4) is 0 Å². The Balaban J connectivity index is 1.88. The number of nitrogens with zero attached hydrogens (tertiary/aromatic N) is 2. The number of amides is 1. The summed E-state index contributed by atoms with van der Waals surface area (Å²) < 4.78 is 0. The molecular formula is C15H28N2O2. The van der Waals surface area contributed by atoms with E-state index in [-0.39, 0.29) is 11.8 Å². The molecule has 2 aliphatic rings. The van der Waals surface area contributed by atoms with Gasteiger partial charge < -0.3 is 10.0 Å². The van der Waals surface area contributed by atoms with Crippen LogP contribution in [0.4, 0.5) is 0 Å². The zero-order valence-electron chi connectivity index (χ0n) is 12.4. The summed E-state index contributed by atoms with van der Waals surface area (Å²) >= 11 is 0. The number of aliphatic hydroxyl groups is 1. The van der Waals surface area contributed by atoms with E-state index in [0.717, 1.165) is 58.2 Å². The van der Waals surface area contributed by atoms with Crippen LogP contribution in [0.5, 0.6) is 0 Å². The van der Waals surface area contributed by atoms with E-state index in [1.54, 1.807) is 4.90 Å². The number of piperidine rings is 1. The van der Waals surface area contributed by atoms with Crippen LogP contribution in [0, 0.1) is 5.92 Å². The third-order valence-corrected chi connectivity index (χ3v) is 4.60. The minimum atomic E-state index is -0.499. The molecule has 110 valence electrons. The van der Waals surface area contributed by atoms with Crippen molar-refractivity contribution in [1.82, 2.24) is 9.80 Å². The van der Waals surface area contributed by atoms with Crippen molar-refractivity contribution in [2.75, 3.05) is 33.7 Å². The van der Waals surface area contributed by atoms with Gasteiger partial charge in [0.2, 0.25) is 5.91 Å². The lowest BCUT2D eigenvalue weighted by atomic mass is 9.83. The molecule has 1 atom stereocenters. The van der Waals surface area contributed by atoms with Gasteiger partial charge in [-0.2, -0.15) is 0 Å². The Morgan fingerprint density at radius 2 is 1.95 bits per heavy atom. The normalized spacial score (nSPS) is 28.1. The van der Waals surface area contributed by atoms with Gasteiger partial charge in [-0.3, -0.25) is 9.69 Å². The molecule has 1 N–H and O–H groups in total. The van der Waals surface area contributed by atoms with E-state index < -0.39 is 5.60 Å². The zero-order chi connectivity index (χ0) is 13.9. The second-order valence-electron chi connectivity index (χ2n) is 6.59. The highest BCUT2D eigenvalue weighted by atomic mass is 16.3. The molecule has 1 saturated carbocycles. The molecular weight excluding hydrogens is 240 g/mol. The van der Waals surface area contributed by atoms with E-state index in [4.69, 9.17) is 0 Å². The first-order valence-electron chi connectivity index (χ1n) is 7.66. The van der Waals surface area contributed by atoms with Crippen LogP contribution in [-0.2, 0) is 4.79 Å². The molecule has 1 amide bonds. The van der Waals surface area contributed by atoms with Gasteiger partial charge in [0.25, 0.3) is 0 Å². The molecule has 1 unspecified atom stereocenters. The maximum absolute atomic E-state index is 12.1. The molecule has 4 nitrogen and oxygen atoms in total. The summed E-state index contributed by atoms with van der Waals surface area (Å²) in [5, 5.41) is 10.6. The molecule has 0 aromatic rings. The zero-order valence-corrected chi connectivity index (χ0v) is 12.4. The van der Waals surface area contributed by atoms with E-state index in [1.807, 2.05) is 14.1 Å². The number of hydrogen-bond acceptors (Lipinski definition) is 3. The van der Waals surface area contributed by atoms with Crippen molar-refractivity contribution in [3.63, 3.8) is 0 Å². The maximum Gasteiger partial charge on any atom is 0.226 e. The maximum atomic E-state index is 12.1. The summed E-state index contributed by atoms with van der Waals surface area (Å²) in [6, 6.07) is 0. The predicted molar refractivity (Wildman–Crippen MR) is 75.9 cm³/mol. The fourth-order valence-corrected chi connectivity index (χ4v) is 3.55. The molecule has 1 aliphatic carbocycles. The molecule has 2 fully saturated rings. The van der Waals surface area contributed by atoms with Crippen molar-refractivity contribution >= 4 is 5.91 Å². The van der Waals surface area contributed by atoms with Crippen molar-refractivity contribution < 1.29 is 9.90 Å². The number of carbonyl (C=O) groups excluding carboxylic acids is 1. The highest BCUT2D eigenvalue weighted by Crippen LogP contribution is 2.30. The van der Waals surface area contributed by atoms with Gasteiger partial charge in [-0.25, -0.2) is 0 Å². The Bertz CT molecular complexity index is 311. The molecule has 0 aromatic carbocycles. The lowest BCUT2D eigenvalue weighted by Crippen LogP contribution is -2.50. The van der Waals surface area contributed by atoms with Crippen LogP contribution in [0.1, 0.15) is 44.9 Å². The van der Waals surface area contributed by atoms with Gasteiger partial charge in [0.15, 0.2) is 0 Å². The van der Waals surface area contributed by atoms with Gasteiger partial charge in [-0.15, -0.1) is 0 Å². The van der Waals surface area contributed by atoms with Gasteiger partial charge in [-0.05, 0) is 32.2 Å². The molecule has 0 spiro atoms. The second-order valence-corrected chi connectivity index (χ2v) is 6.59. The molecule has 0 radical (unpaired) electrons.